The van der Waals surface area contributed by atoms with Crippen LogP contribution in [-0.2, 0) is 10.3 Å². The second-order valence-electron chi connectivity index (χ2n) is 3.13. The second-order valence-corrected chi connectivity index (χ2v) is 4.26. The van der Waals surface area contributed by atoms with Gasteiger partial charge in [-0.2, -0.15) is 18.4 Å². The van der Waals surface area contributed by atoms with Crippen molar-refractivity contribution < 1.29 is 13.0 Å². The molecule has 0 amide bonds. The average Bonchev–Trinajstić information content (AvgIpc) is 2.14. The van der Waals surface area contributed by atoms with Crippen LogP contribution in [0.1, 0.15) is 18.1 Å². The third-order valence-electron chi connectivity index (χ3n) is 1.80. The molecule has 0 aliphatic heterocycles. The average molecular weight is 228 g/mol. The molecule has 0 atom stereocenters. The molecule has 0 fully saturated rings. The van der Waals surface area contributed by atoms with Gasteiger partial charge in [-0.15, -0.1) is 0 Å². The van der Waals surface area contributed by atoms with Crippen molar-refractivity contribution in [2.75, 3.05) is 0 Å². The number of hydrazone groups is 1. The molecule has 0 saturated carbocycles. The highest BCUT2D eigenvalue weighted by Gasteiger charge is 2.01. The largest absolute Gasteiger partial charge is 0.372 e. The number of hydrogen-bond donors (Lipinski definition) is 2. The van der Waals surface area contributed by atoms with E-state index in [-0.39, 0.29) is 0 Å². The molecule has 1 aromatic carbocycles. The number of hydrogen-bond acceptors (Lipinski definition) is 3. The highest BCUT2D eigenvalue weighted by Crippen LogP contribution is 2.04. The molecule has 1 rings (SSSR count). The minimum atomic E-state index is -4.27. The Bertz CT molecular complexity index is 463. The highest BCUT2D eigenvalue weighted by molar-refractivity contribution is 7.83. The summed E-state index contributed by atoms with van der Waals surface area (Å²) in [7, 11) is -4.27. The molecular weight excluding hydrogens is 216 g/mol. The van der Waals surface area contributed by atoms with E-state index in [1.807, 2.05) is 31.2 Å². The number of aryl methyl sites for hydroxylation is 1. The first-order chi connectivity index (χ1) is 6.88. The van der Waals surface area contributed by atoms with Crippen molar-refractivity contribution in [3.05, 3.63) is 35.4 Å². The lowest BCUT2D eigenvalue weighted by Crippen LogP contribution is -2.18. The molecule has 0 saturated heterocycles. The first-order valence-electron chi connectivity index (χ1n) is 4.24. The lowest BCUT2D eigenvalue weighted by molar-refractivity contribution is 0.470. The Kier molecular flexibility index (Phi) is 3.43. The Balaban J connectivity index is 2.85. The Morgan fingerprint density at radius 3 is 2.33 bits per heavy atom. The Morgan fingerprint density at radius 2 is 1.87 bits per heavy atom. The minimum Gasteiger partial charge on any atom is -0.268 e. The summed E-state index contributed by atoms with van der Waals surface area (Å²) < 4.78 is 29.1. The highest BCUT2D eigenvalue weighted by atomic mass is 32.2. The summed E-state index contributed by atoms with van der Waals surface area (Å²) in [5.74, 6) is 0. The third-order valence-corrected chi connectivity index (χ3v) is 2.12. The molecule has 1 aromatic rings. The number of nitrogens with zero attached hydrogens (tertiary/aromatic N) is 1. The lowest BCUT2D eigenvalue weighted by atomic mass is 10.1. The maximum absolute atomic E-state index is 10.4. The number of rotatable bonds is 3. The summed E-state index contributed by atoms with van der Waals surface area (Å²) in [6.45, 7) is 3.59. The summed E-state index contributed by atoms with van der Waals surface area (Å²) in [6.07, 6.45) is 0. The van der Waals surface area contributed by atoms with Gasteiger partial charge in [0.2, 0.25) is 0 Å². The number of nitrogens with one attached hydrogen (secondary N) is 1. The van der Waals surface area contributed by atoms with Crippen molar-refractivity contribution in [1.29, 1.82) is 0 Å². The van der Waals surface area contributed by atoms with Crippen molar-refractivity contribution in [2.45, 2.75) is 13.8 Å². The van der Waals surface area contributed by atoms with E-state index in [0.717, 1.165) is 11.1 Å². The molecule has 15 heavy (non-hydrogen) atoms. The van der Waals surface area contributed by atoms with Crippen LogP contribution in [-0.4, -0.2) is 18.7 Å². The molecule has 0 aliphatic carbocycles. The molecule has 0 unspecified atom stereocenters. The first-order valence-corrected chi connectivity index (χ1v) is 5.68. The van der Waals surface area contributed by atoms with E-state index in [4.69, 9.17) is 4.55 Å². The first kappa shape index (κ1) is 11.7. The standard InChI is InChI=1S/C9H12N2O3S/c1-7-3-5-9(6-4-7)8(2)10-11-15(12,13)14/h3-6,11H,1-2H3,(H,12,13,14). The SMILES string of the molecule is CC(=NNS(=O)(=O)O)c1ccc(C)cc1. The van der Waals surface area contributed by atoms with Crippen LogP contribution in [0.3, 0.4) is 0 Å². The van der Waals surface area contributed by atoms with Crippen LogP contribution in [0.15, 0.2) is 29.4 Å². The predicted octanol–water partition coefficient (Wildman–Crippen LogP) is 1.11. The summed E-state index contributed by atoms with van der Waals surface area (Å²) in [5, 5.41) is 3.52. The van der Waals surface area contributed by atoms with Gasteiger partial charge in [0.15, 0.2) is 0 Å². The van der Waals surface area contributed by atoms with Crippen LogP contribution in [0.5, 0.6) is 0 Å². The fraction of sp³-hybridized carbons (Fsp3) is 0.222. The van der Waals surface area contributed by atoms with Crippen LogP contribution in [0.2, 0.25) is 0 Å². The van der Waals surface area contributed by atoms with E-state index in [2.05, 4.69) is 5.10 Å². The third kappa shape index (κ3) is 4.09. The van der Waals surface area contributed by atoms with Gasteiger partial charge in [0, 0.05) is 0 Å². The maximum Gasteiger partial charge on any atom is 0.372 e. The van der Waals surface area contributed by atoms with Crippen LogP contribution in [0, 0.1) is 6.92 Å². The molecule has 5 nitrogen and oxygen atoms in total. The molecule has 0 radical (unpaired) electrons. The molecule has 82 valence electrons. The molecule has 6 heteroatoms. The van der Waals surface area contributed by atoms with E-state index in [1.54, 1.807) is 11.8 Å². The van der Waals surface area contributed by atoms with Gasteiger partial charge < -0.3 is 0 Å². The Morgan fingerprint density at radius 1 is 1.33 bits per heavy atom. The second kappa shape index (κ2) is 4.41. The van der Waals surface area contributed by atoms with Gasteiger partial charge in [0.05, 0.1) is 5.71 Å². The van der Waals surface area contributed by atoms with Gasteiger partial charge in [-0.1, -0.05) is 29.8 Å². The zero-order valence-corrected chi connectivity index (χ0v) is 9.25. The van der Waals surface area contributed by atoms with Crippen LogP contribution in [0.25, 0.3) is 0 Å². The van der Waals surface area contributed by atoms with Gasteiger partial charge in [0.25, 0.3) is 0 Å². The van der Waals surface area contributed by atoms with Crippen LogP contribution in [0.4, 0.5) is 0 Å². The molecule has 2 N–H and O–H groups in total. The van der Waals surface area contributed by atoms with E-state index in [0.29, 0.717) is 5.71 Å². The lowest BCUT2D eigenvalue weighted by Gasteiger charge is -2.01. The van der Waals surface area contributed by atoms with E-state index in [1.165, 1.54) is 0 Å². The zero-order valence-electron chi connectivity index (χ0n) is 8.43. The molecule has 0 aliphatic rings. The number of benzene rings is 1. The van der Waals surface area contributed by atoms with Crippen LogP contribution < -0.4 is 4.83 Å². The predicted molar refractivity (Wildman–Crippen MR) is 58.1 cm³/mol. The quantitative estimate of drug-likeness (QED) is 0.462. The summed E-state index contributed by atoms with van der Waals surface area (Å²) in [6, 6.07) is 7.42. The fourth-order valence-corrected chi connectivity index (χ4v) is 1.24. The van der Waals surface area contributed by atoms with Crippen molar-refractivity contribution in [3.63, 3.8) is 0 Å². The zero-order chi connectivity index (χ0) is 11.5. The van der Waals surface area contributed by atoms with Crippen molar-refractivity contribution in [2.24, 2.45) is 5.10 Å². The van der Waals surface area contributed by atoms with Gasteiger partial charge in [0.1, 0.15) is 0 Å². The smallest absolute Gasteiger partial charge is 0.268 e. The topological polar surface area (TPSA) is 78.8 Å². The summed E-state index contributed by atoms with van der Waals surface area (Å²) >= 11 is 0. The van der Waals surface area contributed by atoms with Crippen molar-refractivity contribution in [1.82, 2.24) is 4.83 Å². The summed E-state index contributed by atoms with van der Waals surface area (Å²) in [5.41, 5.74) is 2.37. The summed E-state index contributed by atoms with van der Waals surface area (Å²) in [4.78, 5) is 1.65. The Hall–Kier alpha value is -1.40. The van der Waals surface area contributed by atoms with Crippen molar-refractivity contribution in [3.8, 4) is 0 Å². The van der Waals surface area contributed by atoms with Gasteiger partial charge in [-0.3, -0.25) is 4.55 Å². The molecular formula is C9H12N2O3S. The van der Waals surface area contributed by atoms with Crippen LogP contribution >= 0.6 is 0 Å². The minimum absolute atomic E-state index is 0.479. The molecule has 0 aromatic heterocycles. The molecule has 0 heterocycles. The monoisotopic (exact) mass is 228 g/mol. The van der Waals surface area contributed by atoms with E-state index < -0.39 is 10.3 Å². The fourth-order valence-electron chi connectivity index (χ4n) is 0.985. The van der Waals surface area contributed by atoms with Crippen molar-refractivity contribution >= 4 is 16.0 Å². The van der Waals surface area contributed by atoms with Gasteiger partial charge in [-0.25, -0.2) is 0 Å². The van der Waals surface area contributed by atoms with Gasteiger partial charge in [-0.05, 0) is 19.4 Å². The maximum atomic E-state index is 10.4. The normalized spacial score (nSPS) is 12.6. The van der Waals surface area contributed by atoms with E-state index >= 15 is 0 Å². The Labute approximate surface area is 88.7 Å². The molecule has 0 bridgehead atoms. The molecule has 0 spiro atoms. The van der Waals surface area contributed by atoms with E-state index in [9.17, 15) is 8.42 Å². The van der Waals surface area contributed by atoms with Gasteiger partial charge >= 0.3 is 10.3 Å².